The van der Waals surface area contributed by atoms with E-state index in [0.717, 1.165) is 0 Å². The summed E-state index contributed by atoms with van der Waals surface area (Å²) in [5.41, 5.74) is 6.54. The average Bonchev–Trinajstić information content (AvgIpc) is 2.78. The van der Waals surface area contributed by atoms with Gasteiger partial charge in [0.15, 0.2) is 0 Å². The molecule has 10 heteroatoms. The highest BCUT2D eigenvalue weighted by Crippen LogP contribution is 2.30. The number of carbonyl (C=O) groups is 3. The first-order chi connectivity index (χ1) is 16.4. The van der Waals surface area contributed by atoms with Crippen molar-refractivity contribution in [3.8, 4) is 11.3 Å². The van der Waals surface area contributed by atoms with Crippen molar-refractivity contribution >= 4 is 35.0 Å². The molecule has 0 radical (unpaired) electrons. The molecule has 0 saturated heterocycles. The molecule has 0 unspecified atom stereocenters. The third-order valence-electron chi connectivity index (χ3n) is 5.03. The van der Waals surface area contributed by atoms with Crippen molar-refractivity contribution in [3.63, 3.8) is 0 Å². The Kier molecular flexibility index (Phi) is 7.71. The first kappa shape index (κ1) is 25.6. The van der Waals surface area contributed by atoms with Crippen LogP contribution in [0, 0.1) is 5.41 Å². The largest absolute Gasteiger partial charge is 0.368 e. The van der Waals surface area contributed by atoms with Crippen LogP contribution in [-0.2, 0) is 16.1 Å². The maximum Gasteiger partial charge on any atom is 0.254 e. The monoisotopic (exact) mass is 495 g/mol. The van der Waals surface area contributed by atoms with Gasteiger partial charge in [-0.25, -0.2) is 4.98 Å². The van der Waals surface area contributed by atoms with Crippen molar-refractivity contribution < 1.29 is 14.4 Å². The summed E-state index contributed by atoms with van der Waals surface area (Å²) < 4.78 is 1.40. The third-order valence-corrected chi connectivity index (χ3v) is 5.27. The molecule has 0 aliphatic rings. The van der Waals surface area contributed by atoms with Crippen molar-refractivity contribution in [1.82, 2.24) is 14.9 Å². The maximum absolute atomic E-state index is 12.9. The van der Waals surface area contributed by atoms with E-state index in [1.165, 1.54) is 17.0 Å². The molecule has 35 heavy (non-hydrogen) atoms. The van der Waals surface area contributed by atoms with E-state index in [9.17, 15) is 19.2 Å². The summed E-state index contributed by atoms with van der Waals surface area (Å²) in [6.07, 6.45) is 1.40. The van der Waals surface area contributed by atoms with Gasteiger partial charge in [-0.1, -0.05) is 44.5 Å². The van der Waals surface area contributed by atoms with Gasteiger partial charge in [-0.3, -0.25) is 23.7 Å². The zero-order valence-corrected chi connectivity index (χ0v) is 20.3. The lowest BCUT2D eigenvalue weighted by atomic mass is 9.95. The Labute approximate surface area is 207 Å². The number of benzene rings is 2. The molecule has 0 atom stereocenters. The van der Waals surface area contributed by atoms with Gasteiger partial charge < -0.3 is 16.4 Å². The highest BCUT2D eigenvalue weighted by molar-refractivity contribution is 6.31. The molecule has 3 rings (SSSR count). The van der Waals surface area contributed by atoms with E-state index in [2.05, 4.69) is 15.6 Å². The topological polar surface area (TPSA) is 136 Å². The van der Waals surface area contributed by atoms with Crippen LogP contribution in [0.3, 0.4) is 0 Å². The van der Waals surface area contributed by atoms with Gasteiger partial charge in [0.05, 0.1) is 30.8 Å². The SMILES string of the molecule is CC(C)(C)C(=O)Nc1cc(Cl)ccc1-c1cc(=O)n(Cc2cccc(C(=O)NCC(N)=O)c2)cn1. The second kappa shape index (κ2) is 10.5. The van der Waals surface area contributed by atoms with E-state index < -0.39 is 17.2 Å². The molecule has 1 heterocycles. The number of halogens is 1. The average molecular weight is 496 g/mol. The molecular formula is C25H26ClN5O4. The number of nitrogens with one attached hydrogen (secondary N) is 2. The summed E-state index contributed by atoms with van der Waals surface area (Å²) in [5.74, 6) is -1.29. The highest BCUT2D eigenvalue weighted by Gasteiger charge is 2.23. The lowest BCUT2D eigenvalue weighted by molar-refractivity contribution is -0.123. The van der Waals surface area contributed by atoms with Crippen LogP contribution in [0.4, 0.5) is 5.69 Å². The van der Waals surface area contributed by atoms with Crippen molar-refractivity contribution in [1.29, 1.82) is 0 Å². The van der Waals surface area contributed by atoms with Crippen LogP contribution in [0.1, 0.15) is 36.7 Å². The van der Waals surface area contributed by atoms with E-state index in [4.69, 9.17) is 17.3 Å². The van der Waals surface area contributed by atoms with Crippen LogP contribution in [-0.4, -0.2) is 33.8 Å². The van der Waals surface area contributed by atoms with Gasteiger partial charge in [0, 0.05) is 27.6 Å². The molecule has 3 aromatic rings. The summed E-state index contributed by atoms with van der Waals surface area (Å²) in [5, 5.41) is 5.72. The molecule has 0 aliphatic heterocycles. The lowest BCUT2D eigenvalue weighted by Crippen LogP contribution is -2.33. The molecule has 0 bridgehead atoms. The quantitative estimate of drug-likeness (QED) is 0.463. The number of primary amides is 1. The van der Waals surface area contributed by atoms with Crippen LogP contribution in [0.5, 0.6) is 0 Å². The second-order valence-corrected chi connectivity index (χ2v) is 9.42. The summed E-state index contributed by atoms with van der Waals surface area (Å²) in [6, 6.07) is 13.0. The molecule has 2 aromatic carbocycles. The van der Waals surface area contributed by atoms with Crippen molar-refractivity contribution in [2.24, 2.45) is 11.1 Å². The van der Waals surface area contributed by atoms with Crippen LogP contribution >= 0.6 is 11.6 Å². The van der Waals surface area contributed by atoms with E-state index in [1.807, 2.05) is 0 Å². The van der Waals surface area contributed by atoms with Crippen LogP contribution in [0.2, 0.25) is 5.02 Å². The standard InChI is InChI=1S/C25H26ClN5O4/c1-25(2,3)24(35)30-20-10-17(26)7-8-18(20)19-11-22(33)31(14-29-19)13-15-5-4-6-16(9-15)23(34)28-12-21(27)32/h4-11,14H,12-13H2,1-3H3,(H2,27,32)(H,28,34)(H,30,35). The maximum atomic E-state index is 12.9. The molecule has 0 spiro atoms. The third kappa shape index (κ3) is 6.77. The van der Waals surface area contributed by atoms with Crippen molar-refractivity contribution in [3.05, 3.63) is 81.4 Å². The first-order valence-corrected chi connectivity index (χ1v) is 11.1. The van der Waals surface area contributed by atoms with Crippen LogP contribution < -0.4 is 21.9 Å². The number of hydrogen-bond donors (Lipinski definition) is 3. The molecule has 4 N–H and O–H groups in total. The summed E-state index contributed by atoms with van der Waals surface area (Å²) in [6.45, 7) is 5.29. The van der Waals surface area contributed by atoms with Gasteiger partial charge >= 0.3 is 0 Å². The number of carbonyl (C=O) groups excluding carboxylic acids is 3. The Balaban J connectivity index is 1.85. The number of rotatable bonds is 7. The molecule has 0 aliphatic carbocycles. The van der Waals surface area contributed by atoms with E-state index >= 15 is 0 Å². The zero-order valence-electron chi connectivity index (χ0n) is 19.6. The summed E-state index contributed by atoms with van der Waals surface area (Å²) >= 11 is 6.13. The Morgan fingerprint density at radius 3 is 2.49 bits per heavy atom. The van der Waals surface area contributed by atoms with E-state index in [0.29, 0.717) is 33.1 Å². The Morgan fingerprint density at radius 2 is 1.83 bits per heavy atom. The molecule has 0 saturated carbocycles. The molecule has 0 fully saturated rings. The molecule has 1 aromatic heterocycles. The Bertz CT molecular complexity index is 1340. The normalized spacial score (nSPS) is 11.1. The highest BCUT2D eigenvalue weighted by atomic mass is 35.5. The minimum absolute atomic E-state index is 0.178. The fourth-order valence-electron chi connectivity index (χ4n) is 3.12. The minimum Gasteiger partial charge on any atom is -0.368 e. The van der Waals surface area contributed by atoms with E-state index in [1.54, 1.807) is 63.2 Å². The number of hydrogen-bond acceptors (Lipinski definition) is 5. The number of nitrogens with zero attached hydrogens (tertiary/aromatic N) is 2. The van der Waals surface area contributed by atoms with Gasteiger partial charge in [0.25, 0.3) is 11.5 Å². The van der Waals surface area contributed by atoms with Crippen LogP contribution in [0.25, 0.3) is 11.3 Å². The fourth-order valence-corrected chi connectivity index (χ4v) is 3.29. The zero-order chi connectivity index (χ0) is 25.8. The lowest BCUT2D eigenvalue weighted by Gasteiger charge is -2.19. The first-order valence-electron chi connectivity index (χ1n) is 10.8. The molecular weight excluding hydrogens is 470 g/mol. The minimum atomic E-state index is -0.644. The van der Waals surface area contributed by atoms with Gasteiger partial charge in [0.2, 0.25) is 11.8 Å². The number of anilines is 1. The van der Waals surface area contributed by atoms with E-state index in [-0.39, 0.29) is 24.6 Å². The van der Waals surface area contributed by atoms with Gasteiger partial charge in [-0.2, -0.15) is 0 Å². The Morgan fingerprint density at radius 1 is 1.09 bits per heavy atom. The predicted octanol–water partition coefficient (Wildman–Crippen LogP) is 2.81. The second-order valence-electron chi connectivity index (χ2n) is 8.98. The van der Waals surface area contributed by atoms with Crippen LogP contribution in [0.15, 0.2) is 59.7 Å². The van der Waals surface area contributed by atoms with Crippen molar-refractivity contribution in [2.75, 3.05) is 11.9 Å². The number of amides is 3. The summed E-state index contributed by atoms with van der Waals surface area (Å²) in [7, 11) is 0. The van der Waals surface area contributed by atoms with Crippen molar-refractivity contribution in [2.45, 2.75) is 27.3 Å². The fraction of sp³-hybridized carbons (Fsp3) is 0.240. The van der Waals surface area contributed by atoms with Gasteiger partial charge in [-0.05, 0) is 35.9 Å². The molecule has 3 amide bonds. The van der Waals surface area contributed by atoms with Gasteiger partial charge in [-0.15, -0.1) is 0 Å². The van der Waals surface area contributed by atoms with Gasteiger partial charge in [0.1, 0.15) is 0 Å². The predicted molar refractivity (Wildman–Crippen MR) is 134 cm³/mol. The number of aromatic nitrogens is 2. The molecule has 9 nitrogen and oxygen atoms in total. The molecule has 182 valence electrons. The smallest absolute Gasteiger partial charge is 0.254 e. The Hall–Kier alpha value is -3.98. The summed E-state index contributed by atoms with van der Waals surface area (Å²) in [4.78, 5) is 52.8. The number of nitrogens with two attached hydrogens (primary N) is 1.